The van der Waals surface area contributed by atoms with Gasteiger partial charge in [0.1, 0.15) is 0 Å². The predicted octanol–water partition coefficient (Wildman–Crippen LogP) is 5.70. The molecule has 0 saturated heterocycles. The molecule has 0 bridgehead atoms. The molecular formula is C27H44O3S. The molecule has 0 aliphatic heterocycles. The van der Waals surface area contributed by atoms with Gasteiger partial charge in [-0.2, -0.15) is 0 Å². The van der Waals surface area contributed by atoms with Crippen LogP contribution in [0.4, 0.5) is 0 Å². The molecule has 3 aliphatic carbocycles. The van der Waals surface area contributed by atoms with Crippen molar-refractivity contribution in [1.29, 1.82) is 0 Å². The van der Waals surface area contributed by atoms with Crippen LogP contribution >= 0.6 is 0 Å². The highest BCUT2D eigenvalue weighted by Gasteiger charge is 2.50. The molecule has 3 nitrogen and oxygen atoms in total. The number of aliphatic hydroxyl groups excluding tert-OH is 2. The Kier molecular flexibility index (Phi) is 7.76. The van der Waals surface area contributed by atoms with Gasteiger partial charge in [-0.1, -0.05) is 38.2 Å². The highest BCUT2D eigenvalue weighted by Crippen LogP contribution is 2.59. The van der Waals surface area contributed by atoms with Crippen molar-refractivity contribution in [2.45, 2.75) is 103 Å². The summed E-state index contributed by atoms with van der Waals surface area (Å²) in [5.41, 5.74) is 3.63. The predicted molar refractivity (Wildman–Crippen MR) is 131 cm³/mol. The molecule has 3 aliphatic rings. The highest BCUT2D eigenvalue weighted by molar-refractivity contribution is 7.86. The van der Waals surface area contributed by atoms with Gasteiger partial charge in [-0.05, 0) is 100 Å². The average molecular weight is 449 g/mol. The van der Waals surface area contributed by atoms with Crippen molar-refractivity contribution in [2.24, 2.45) is 23.2 Å². The first-order chi connectivity index (χ1) is 14.4. The van der Waals surface area contributed by atoms with Crippen molar-refractivity contribution in [3.05, 3.63) is 35.5 Å². The fourth-order valence-electron chi connectivity index (χ4n) is 6.48. The van der Waals surface area contributed by atoms with Gasteiger partial charge in [-0.3, -0.25) is 4.21 Å². The Labute approximate surface area is 192 Å². The smallest absolute Gasteiger partial charge is 0.0811 e. The van der Waals surface area contributed by atoms with Crippen LogP contribution in [0.5, 0.6) is 0 Å². The van der Waals surface area contributed by atoms with E-state index in [1.807, 2.05) is 0 Å². The van der Waals surface area contributed by atoms with Gasteiger partial charge in [0.15, 0.2) is 0 Å². The zero-order valence-electron chi connectivity index (χ0n) is 20.3. The zero-order valence-corrected chi connectivity index (χ0v) is 21.1. The van der Waals surface area contributed by atoms with Crippen molar-refractivity contribution in [1.82, 2.24) is 0 Å². The van der Waals surface area contributed by atoms with Gasteiger partial charge in [-0.15, -0.1) is 0 Å². The fourth-order valence-corrected chi connectivity index (χ4v) is 7.68. The quantitative estimate of drug-likeness (QED) is 0.567. The normalized spacial score (nSPS) is 39.0. The number of rotatable bonds is 5. The van der Waals surface area contributed by atoms with E-state index in [4.69, 9.17) is 0 Å². The van der Waals surface area contributed by atoms with Gasteiger partial charge in [0.25, 0.3) is 0 Å². The first kappa shape index (κ1) is 24.9. The van der Waals surface area contributed by atoms with Crippen LogP contribution in [0, 0.1) is 23.2 Å². The van der Waals surface area contributed by atoms with Crippen LogP contribution in [-0.4, -0.2) is 37.1 Å². The third-order valence-electron chi connectivity index (χ3n) is 8.43. The fraction of sp³-hybridized carbons (Fsp3) is 0.778. The summed E-state index contributed by atoms with van der Waals surface area (Å²) in [6, 6.07) is 0. The van der Waals surface area contributed by atoms with Crippen LogP contribution in [0.3, 0.4) is 0 Å². The molecular weight excluding hydrogens is 404 g/mol. The maximum Gasteiger partial charge on any atom is 0.0811 e. The Morgan fingerprint density at radius 2 is 1.97 bits per heavy atom. The number of hydrogen-bond acceptors (Lipinski definition) is 3. The first-order valence-corrected chi connectivity index (χ1v) is 13.6. The lowest BCUT2D eigenvalue weighted by molar-refractivity contribution is 0.0861. The van der Waals surface area contributed by atoms with Gasteiger partial charge < -0.3 is 10.2 Å². The lowest BCUT2D eigenvalue weighted by Crippen LogP contribution is -2.36. The van der Waals surface area contributed by atoms with E-state index in [0.29, 0.717) is 36.0 Å². The monoisotopic (exact) mass is 448 g/mol. The molecule has 2 N–H and O–H groups in total. The SMILES string of the molecule is C=C1/C(=C\C=C2/CCC[C@]3(C)C([C@H](C)CCS(=O)C(C)(C)C)CC[C@@H]23)CC(O)CC1O. The van der Waals surface area contributed by atoms with Crippen molar-refractivity contribution in [3.63, 3.8) is 0 Å². The molecule has 0 aromatic rings. The van der Waals surface area contributed by atoms with Crippen molar-refractivity contribution >= 4 is 10.8 Å². The third-order valence-corrected chi connectivity index (χ3v) is 10.4. The topological polar surface area (TPSA) is 57.5 Å². The maximum absolute atomic E-state index is 12.6. The molecule has 7 atom stereocenters. The second-order valence-corrected chi connectivity index (χ2v) is 13.9. The zero-order chi connectivity index (χ0) is 23.0. The Morgan fingerprint density at radius 3 is 2.65 bits per heavy atom. The van der Waals surface area contributed by atoms with Crippen LogP contribution in [-0.2, 0) is 10.8 Å². The van der Waals surface area contributed by atoms with Crippen molar-refractivity contribution < 1.29 is 14.4 Å². The summed E-state index contributed by atoms with van der Waals surface area (Å²) in [5.74, 6) is 2.72. The van der Waals surface area contributed by atoms with E-state index < -0.39 is 23.0 Å². The molecule has 3 rings (SSSR count). The summed E-state index contributed by atoms with van der Waals surface area (Å²) >= 11 is 0. The molecule has 176 valence electrons. The molecule has 0 spiro atoms. The van der Waals surface area contributed by atoms with Gasteiger partial charge in [0, 0.05) is 27.7 Å². The van der Waals surface area contributed by atoms with Crippen molar-refractivity contribution in [3.8, 4) is 0 Å². The van der Waals surface area contributed by atoms with E-state index >= 15 is 0 Å². The lowest BCUT2D eigenvalue weighted by Gasteiger charge is -2.44. The molecule has 4 unspecified atom stereocenters. The molecule has 0 heterocycles. The van der Waals surface area contributed by atoms with E-state index in [0.717, 1.165) is 29.7 Å². The molecule has 0 radical (unpaired) electrons. The van der Waals surface area contributed by atoms with Crippen LogP contribution < -0.4 is 0 Å². The van der Waals surface area contributed by atoms with E-state index in [1.54, 1.807) is 0 Å². The summed E-state index contributed by atoms with van der Waals surface area (Å²) in [6.45, 7) is 15.2. The number of fused-ring (bicyclic) bond motifs is 1. The molecule has 3 saturated carbocycles. The Balaban J connectivity index is 1.72. The van der Waals surface area contributed by atoms with E-state index in [-0.39, 0.29) is 4.75 Å². The second kappa shape index (κ2) is 9.65. The summed E-state index contributed by atoms with van der Waals surface area (Å²) in [5, 5.41) is 20.2. The summed E-state index contributed by atoms with van der Waals surface area (Å²) in [7, 11) is -0.772. The third kappa shape index (κ3) is 5.45. The van der Waals surface area contributed by atoms with E-state index in [2.05, 4.69) is 53.3 Å². The standard InChI is InChI=1S/C27H44O3S/c1-18(13-15-31(30)26(3,4)5)23-11-12-24-20(8-7-14-27(23,24)6)9-10-21-16-22(28)17-25(29)19(21)2/h9-10,18,22-25,28-29H,2,7-8,11-17H2,1,3-6H3/b20-9+,21-10-/t18-,22?,23?,24+,25?,27-,31?/m1/s1. The van der Waals surface area contributed by atoms with E-state index in [1.165, 1.54) is 31.3 Å². The number of allylic oxidation sites excluding steroid dienone is 3. The highest BCUT2D eigenvalue weighted by atomic mass is 32.2. The average Bonchev–Trinajstić information content (AvgIpc) is 3.04. The Bertz CT molecular complexity index is 759. The van der Waals surface area contributed by atoms with Gasteiger partial charge in [0.05, 0.1) is 12.2 Å². The summed E-state index contributed by atoms with van der Waals surface area (Å²) in [6.07, 6.45) is 11.5. The molecule has 31 heavy (non-hydrogen) atoms. The van der Waals surface area contributed by atoms with Crippen LogP contribution in [0.2, 0.25) is 0 Å². The van der Waals surface area contributed by atoms with Crippen LogP contribution in [0.25, 0.3) is 0 Å². The number of aliphatic hydroxyl groups is 2. The Hall–Kier alpha value is -0.710. The largest absolute Gasteiger partial charge is 0.393 e. The van der Waals surface area contributed by atoms with Gasteiger partial charge in [0.2, 0.25) is 0 Å². The van der Waals surface area contributed by atoms with Crippen molar-refractivity contribution in [2.75, 3.05) is 5.75 Å². The van der Waals surface area contributed by atoms with Gasteiger partial charge in [-0.25, -0.2) is 0 Å². The minimum absolute atomic E-state index is 0.125. The molecule has 4 heteroatoms. The van der Waals surface area contributed by atoms with Crippen LogP contribution in [0.15, 0.2) is 35.5 Å². The minimum atomic E-state index is -0.772. The van der Waals surface area contributed by atoms with E-state index in [9.17, 15) is 14.4 Å². The first-order valence-electron chi connectivity index (χ1n) is 12.3. The van der Waals surface area contributed by atoms with Crippen LogP contribution in [0.1, 0.15) is 86.0 Å². The molecule has 0 aromatic heterocycles. The lowest BCUT2D eigenvalue weighted by atomic mass is 9.61. The second-order valence-electron chi connectivity index (χ2n) is 11.6. The molecule has 3 fully saturated rings. The minimum Gasteiger partial charge on any atom is -0.393 e. The Morgan fingerprint density at radius 1 is 1.26 bits per heavy atom. The summed E-state index contributed by atoms with van der Waals surface area (Å²) < 4.78 is 12.4. The molecule has 0 aromatic carbocycles. The molecule has 0 amide bonds. The maximum atomic E-state index is 12.6. The number of hydrogen-bond donors (Lipinski definition) is 2. The van der Waals surface area contributed by atoms with Gasteiger partial charge >= 0.3 is 0 Å². The summed E-state index contributed by atoms with van der Waals surface area (Å²) in [4.78, 5) is 0.